The molecule has 1 atom stereocenters. The molecule has 1 heterocycles. The summed E-state index contributed by atoms with van der Waals surface area (Å²) in [6.07, 6.45) is 1.49. The van der Waals surface area contributed by atoms with E-state index < -0.39 is 9.84 Å². The van der Waals surface area contributed by atoms with Crippen LogP contribution in [0.1, 0.15) is 24.0 Å². The fourth-order valence-corrected chi connectivity index (χ4v) is 3.96. The quantitative estimate of drug-likeness (QED) is 0.825. The number of sulfone groups is 1. The van der Waals surface area contributed by atoms with E-state index in [4.69, 9.17) is 14.7 Å². The van der Waals surface area contributed by atoms with Gasteiger partial charge in [-0.2, -0.15) is 5.26 Å². The van der Waals surface area contributed by atoms with Gasteiger partial charge in [-0.15, -0.1) is 0 Å². The lowest BCUT2D eigenvalue weighted by atomic mass is 10.1. The first-order valence-electron chi connectivity index (χ1n) is 6.43. The van der Waals surface area contributed by atoms with Gasteiger partial charge in [0.25, 0.3) is 0 Å². The third-order valence-electron chi connectivity index (χ3n) is 3.25. The van der Waals surface area contributed by atoms with Crippen molar-refractivity contribution in [1.82, 2.24) is 0 Å². The summed E-state index contributed by atoms with van der Waals surface area (Å²) in [4.78, 5) is 0. The first kappa shape index (κ1) is 14.8. The Balaban J connectivity index is 2.17. The number of hydrogen-bond donors (Lipinski definition) is 0. The maximum absolute atomic E-state index is 12.2. The summed E-state index contributed by atoms with van der Waals surface area (Å²) in [7, 11) is -1.81. The van der Waals surface area contributed by atoms with Crippen LogP contribution in [0.15, 0.2) is 18.2 Å². The zero-order chi connectivity index (χ0) is 14.6. The van der Waals surface area contributed by atoms with E-state index in [0.29, 0.717) is 23.5 Å². The highest BCUT2D eigenvalue weighted by Crippen LogP contribution is 2.23. The molecule has 1 aromatic carbocycles. The molecule has 0 radical (unpaired) electrons. The van der Waals surface area contributed by atoms with E-state index in [1.165, 1.54) is 7.11 Å². The van der Waals surface area contributed by atoms with Crippen molar-refractivity contribution in [2.45, 2.75) is 24.7 Å². The molecule has 1 aliphatic heterocycles. The van der Waals surface area contributed by atoms with Gasteiger partial charge in [-0.3, -0.25) is 0 Å². The predicted octanol–water partition coefficient (Wildman–Crippen LogP) is 1.66. The second kappa shape index (κ2) is 6.25. The molecule has 0 aromatic heterocycles. The lowest BCUT2D eigenvalue weighted by Crippen LogP contribution is -2.21. The standard InChI is InChI=1S/C14H17NO4S/c1-18-14-5-4-11(8-15)7-12(14)9-20(16,17)10-13-3-2-6-19-13/h4-5,7,13H,2-3,6,9-10H2,1H3. The summed E-state index contributed by atoms with van der Waals surface area (Å²) < 4.78 is 34.9. The van der Waals surface area contributed by atoms with Crippen LogP contribution >= 0.6 is 0 Å². The number of ether oxygens (including phenoxy) is 2. The molecule has 0 amide bonds. The Morgan fingerprint density at radius 3 is 2.90 bits per heavy atom. The lowest BCUT2D eigenvalue weighted by Gasteiger charge is -2.12. The van der Waals surface area contributed by atoms with Gasteiger partial charge in [-0.1, -0.05) is 0 Å². The zero-order valence-electron chi connectivity index (χ0n) is 11.3. The van der Waals surface area contributed by atoms with Crippen LogP contribution in [0, 0.1) is 11.3 Å². The monoisotopic (exact) mass is 295 g/mol. The van der Waals surface area contributed by atoms with Crippen LogP contribution in [-0.2, 0) is 20.3 Å². The summed E-state index contributed by atoms with van der Waals surface area (Å²) in [6.45, 7) is 0.632. The van der Waals surface area contributed by atoms with Crippen LogP contribution in [0.3, 0.4) is 0 Å². The Morgan fingerprint density at radius 1 is 1.50 bits per heavy atom. The molecule has 0 bridgehead atoms. The van der Waals surface area contributed by atoms with Gasteiger partial charge in [-0.25, -0.2) is 8.42 Å². The van der Waals surface area contributed by atoms with Crippen molar-refractivity contribution in [3.8, 4) is 11.8 Å². The number of rotatable bonds is 5. The minimum absolute atomic E-state index is 0.0208. The summed E-state index contributed by atoms with van der Waals surface area (Å²) in [5.74, 6) is 0.373. The van der Waals surface area contributed by atoms with Gasteiger partial charge in [-0.05, 0) is 31.0 Å². The van der Waals surface area contributed by atoms with Gasteiger partial charge < -0.3 is 9.47 Å². The number of benzene rings is 1. The minimum Gasteiger partial charge on any atom is -0.496 e. The van der Waals surface area contributed by atoms with E-state index in [-0.39, 0.29) is 17.6 Å². The molecular weight excluding hydrogens is 278 g/mol. The van der Waals surface area contributed by atoms with Gasteiger partial charge in [0.1, 0.15) is 5.75 Å². The molecule has 108 valence electrons. The van der Waals surface area contributed by atoms with Crippen LogP contribution in [0.2, 0.25) is 0 Å². The maximum Gasteiger partial charge on any atom is 0.157 e. The Bertz CT molecular complexity index is 613. The molecule has 5 nitrogen and oxygen atoms in total. The van der Waals surface area contributed by atoms with Gasteiger partial charge >= 0.3 is 0 Å². The van der Waals surface area contributed by atoms with Crippen LogP contribution in [0.4, 0.5) is 0 Å². The summed E-state index contributed by atoms with van der Waals surface area (Å²) >= 11 is 0. The Labute approximate surface area is 119 Å². The maximum atomic E-state index is 12.2. The van der Waals surface area contributed by atoms with E-state index in [2.05, 4.69) is 0 Å². The molecule has 1 unspecified atom stereocenters. The van der Waals surface area contributed by atoms with Crippen LogP contribution in [-0.4, -0.2) is 34.0 Å². The normalized spacial score (nSPS) is 18.7. The second-order valence-electron chi connectivity index (χ2n) is 4.83. The molecular formula is C14H17NO4S. The van der Waals surface area contributed by atoms with Crippen LogP contribution in [0.5, 0.6) is 5.75 Å². The van der Waals surface area contributed by atoms with Gasteiger partial charge in [0.15, 0.2) is 9.84 Å². The Kier molecular flexibility index (Phi) is 4.63. The second-order valence-corrected chi connectivity index (χ2v) is 6.94. The molecule has 1 aliphatic rings. The highest BCUT2D eigenvalue weighted by molar-refractivity contribution is 7.90. The van der Waals surface area contributed by atoms with E-state index in [1.54, 1.807) is 18.2 Å². The molecule has 0 spiro atoms. The van der Waals surface area contributed by atoms with Crippen LogP contribution in [0.25, 0.3) is 0 Å². The lowest BCUT2D eigenvalue weighted by molar-refractivity contribution is 0.127. The van der Waals surface area contributed by atoms with Crippen molar-refractivity contribution in [3.63, 3.8) is 0 Å². The van der Waals surface area contributed by atoms with Crippen molar-refractivity contribution >= 4 is 9.84 Å². The highest BCUT2D eigenvalue weighted by atomic mass is 32.2. The van der Waals surface area contributed by atoms with Crippen molar-refractivity contribution in [2.75, 3.05) is 19.5 Å². The third kappa shape index (κ3) is 3.71. The smallest absolute Gasteiger partial charge is 0.157 e. The molecule has 0 saturated carbocycles. The fraction of sp³-hybridized carbons (Fsp3) is 0.500. The summed E-state index contributed by atoms with van der Waals surface area (Å²) in [5.41, 5.74) is 0.942. The number of methoxy groups -OCH3 is 1. The Hall–Kier alpha value is -1.58. The van der Waals surface area contributed by atoms with E-state index >= 15 is 0 Å². The summed E-state index contributed by atoms with van der Waals surface area (Å²) in [5, 5.41) is 8.89. The fourth-order valence-electron chi connectivity index (χ4n) is 2.32. The third-order valence-corrected chi connectivity index (χ3v) is 4.88. The highest BCUT2D eigenvalue weighted by Gasteiger charge is 2.24. The van der Waals surface area contributed by atoms with Gasteiger partial charge in [0.05, 0.1) is 36.4 Å². The van der Waals surface area contributed by atoms with Crippen LogP contribution < -0.4 is 4.74 Å². The van der Waals surface area contributed by atoms with Crippen molar-refractivity contribution in [2.24, 2.45) is 0 Å². The Morgan fingerprint density at radius 2 is 2.30 bits per heavy atom. The van der Waals surface area contributed by atoms with Crippen molar-refractivity contribution in [1.29, 1.82) is 5.26 Å². The average molecular weight is 295 g/mol. The topological polar surface area (TPSA) is 76.4 Å². The molecule has 0 N–H and O–H groups in total. The molecule has 2 rings (SSSR count). The first-order chi connectivity index (χ1) is 9.54. The van der Waals surface area contributed by atoms with E-state index in [9.17, 15) is 8.42 Å². The number of nitrogens with zero attached hydrogens (tertiary/aromatic N) is 1. The van der Waals surface area contributed by atoms with Gasteiger partial charge in [0, 0.05) is 12.2 Å². The first-order valence-corrected chi connectivity index (χ1v) is 8.25. The number of nitriles is 1. The molecule has 20 heavy (non-hydrogen) atoms. The van der Waals surface area contributed by atoms with E-state index in [1.807, 2.05) is 6.07 Å². The summed E-state index contributed by atoms with van der Waals surface area (Å²) in [6, 6.07) is 6.79. The number of hydrogen-bond acceptors (Lipinski definition) is 5. The predicted molar refractivity (Wildman–Crippen MR) is 74.2 cm³/mol. The van der Waals surface area contributed by atoms with Crippen molar-refractivity contribution < 1.29 is 17.9 Å². The van der Waals surface area contributed by atoms with Crippen molar-refractivity contribution in [3.05, 3.63) is 29.3 Å². The molecule has 1 aromatic rings. The minimum atomic E-state index is -3.29. The molecule has 0 aliphatic carbocycles. The SMILES string of the molecule is COc1ccc(C#N)cc1CS(=O)(=O)CC1CCCO1. The molecule has 1 saturated heterocycles. The van der Waals surface area contributed by atoms with Gasteiger partial charge in [0.2, 0.25) is 0 Å². The molecule has 1 fully saturated rings. The van der Waals surface area contributed by atoms with E-state index in [0.717, 1.165) is 12.8 Å². The molecule has 6 heteroatoms. The largest absolute Gasteiger partial charge is 0.496 e. The zero-order valence-corrected chi connectivity index (χ0v) is 12.1. The average Bonchev–Trinajstić information content (AvgIpc) is 2.90.